The highest BCUT2D eigenvalue weighted by Crippen LogP contribution is 2.37. The fourth-order valence-electron chi connectivity index (χ4n) is 2.81. The first-order valence-electron chi connectivity index (χ1n) is 8.73. The number of halogens is 2. The van der Waals surface area contributed by atoms with Gasteiger partial charge in [-0.3, -0.25) is 0 Å². The van der Waals surface area contributed by atoms with E-state index in [4.69, 9.17) is 30.4 Å². The van der Waals surface area contributed by atoms with Crippen LogP contribution in [0.5, 0.6) is 11.5 Å². The van der Waals surface area contributed by atoms with Gasteiger partial charge in [0.2, 0.25) is 0 Å². The Hall–Kier alpha value is -1.76. The molecule has 2 aromatic carbocycles. The lowest BCUT2D eigenvalue weighted by molar-refractivity contribution is 0.00578. The minimum atomic E-state index is -0.646. The number of hydrogen-bond acceptors (Lipinski definition) is 4. The first-order valence-corrected chi connectivity index (χ1v) is 9.11. The Bertz CT molecular complexity index is 825. The van der Waals surface area contributed by atoms with Gasteiger partial charge in [-0.25, -0.2) is 4.39 Å². The topological polar surface area (TPSA) is 36.9 Å². The summed E-state index contributed by atoms with van der Waals surface area (Å²) in [5, 5.41) is 0.569. The van der Waals surface area contributed by atoms with Gasteiger partial charge in [-0.1, -0.05) is 17.7 Å². The summed E-state index contributed by atoms with van der Waals surface area (Å²) in [6.07, 6.45) is 0. The molecule has 0 unspecified atom stereocenters. The van der Waals surface area contributed by atoms with Crippen LogP contribution in [0.3, 0.4) is 0 Å². The number of rotatable bonds is 5. The van der Waals surface area contributed by atoms with Crippen molar-refractivity contribution in [3.8, 4) is 11.5 Å². The molecular weight excluding hydrogens is 369 g/mol. The van der Waals surface area contributed by atoms with Crippen LogP contribution in [-0.4, -0.2) is 25.4 Å². The molecule has 1 fully saturated rings. The van der Waals surface area contributed by atoms with Gasteiger partial charge < -0.3 is 18.8 Å². The fourth-order valence-corrected chi connectivity index (χ4v) is 3.01. The molecule has 1 aliphatic rings. The van der Waals surface area contributed by atoms with Crippen LogP contribution in [0.4, 0.5) is 4.39 Å². The smallest absolute Gasteiger partial charge is 0.496 e. The van der Waals surface area contributed by atoms with Gasteiger partial charge in [-0.2, -0.15) is 0 Å². The Morgan fingerprint density at radius 1 is 1.00 bits per heavy atom. The normalized spacial score (nSPS) is 17.8. The van der Waals surface area contributed by atoms with Gasteiger partial charge in [-0.05, 0) is 52.0 Å². The zero-order valence-corrected chi connectivity index (χ0v) is 16.9. The van der Waals surface area contributed by atoms with E-state index in [0.717, 1.165) is 5.56 Å². The molecule has 0 spiro atoms. The van der Waals surface area contributed by atoms with Gasteiger partial charge in [0.1, 0.15) is 23.9 Å². The third-order valence-electron chi connectivity index (χ3n) is 5.11. The van der Waals surface area contributed by atoms with E-state index in [-0.39, 0.29) is 6.61 Å². The molecular formula is C20H23BClFO4. The lowest BCUT2D eigenvalue weighted by Crippen LogP contribution is -2.41. The molecule has 0 atom stereocenters. The van der Waals surface area contributed by atoms with Crippen molar-refractivity contribution in [3.05, 3.63) is 52.8 Å². The molecule has 2 aromatic rings. The number of ether oxygens (including phenoxy) is 2. The summed E-state index contributed by atoms with van der Waals surface area (Å²) in [5.74, 6) is 0.604. The maximum atomic E-state index is 13.9. The lowest BCUT2D eigenvalue weighted by atomic mass is 9.78. The Balaban J connectivity index is 1.87. The van der Waals surface area contributed by atoms with Crippen molar-refractivity contribution in [2.24, 2.45) is 0 Å². The van der Waals surface area contributed by atoms with Gasteiger partial charge in [0.25, 0.3) is 0 Å². The second-order valence-corrected chi connectivity index (χ2v) is 7.95. The maximum Gasteiger partial charge on any atom is 0.498 e. The summed E-state index contributed by atoms with van der Waals surface area (Å²) >= 11 is 6.07. The molecule has 1 saturated heterocycles. The summed E-state index contributed by atoms with van der Waals surface area (Å²) in [4.78, 5) is 0. The molecule has 27 heavy (non-hydrogen) atoms. The van der Waals surface area contributed by atoms with Crippen LogP contribution in [-0.2, 0) is 15.9 Å². The SMILES string of the molecule is COc1ccc(Cl)cc1COc1cc(F)ccc1B1OC(C)(C)C(C)(C)O1. The second kappa shape index (κ2) is 7.34. The standard InChI is InChI=1S/C20H23BClFO4/c1-19(2)20(3,4)27-21(26-19)16-8-7-15(23)11-18(16)25-12-13-10-14(22)6-9-17(13)24-5/h6-11H,12H2,1-5H3. The van der Waals surface area contributed by atoms with E-state index in [0.29, 0.717) is 22.0 Å². The average Bonchev–Trinajstić information content (AvgIpc) is 2.80. The van der Waals surface area contributed by atoms with E-state index in [1.54, 1.807) is 31.4 Å². The van der Waals surface area contributed by atoms with Crippen molar-refractivity contribution in [2.75, 3.05) is 7.11 Å². The molecule has 0 saturated carbocycles. The van der Waals surface area contributed by atoms with E-state index in [1.165, 1.54) is 12.1 Å². The van der Waals surface area contributed by atoms with Crippen LogP contribution in [0.1, 0.15) is 33.3 Å². The van der Waals surface area contributed by atoms with Gasteiger partial charge >= 0.3 is 7.12 Å². The summed E-state index contributed by atoms with van der Waals surface area (Å²) in [6.45, 7) is 8.03. The van der Waals surface area contributed by atoms with Crippen LogP contribution >= 0.6 is 11.6 Å². The highest BCUT2D eigenvalue weighted by molar-refractivity contribution is 6.63. The minimum Gasteiger partial charge on any atom is -0.496 e. The Morgan fingerprint density at radius 3 is 2.30 bits per heavy atom. The van der Waals surface area contributed by atoms with Crippen LogP contribution in [0, 0.1) is 5.82 Å². The summed E-state index contributed by atoms with van der Waals surface area (Å²) in [5.41, 5.74) is 0.393. The largest absolute Gasteiger partial charge is 0.498 e. The maximum absolute atomic E-state index is 13.9. The van der Waals surface area contributed by atoms with E-state index in [9.17, 15) is 4.39 Å². The molecule has 0 radical (unpaired) electrons. The van der Waals surface area contributed by atoms with Crippen molar-refractivity contribution in [3.63, 3.8) is 0 Å². The minimum absolute atomic E-state index is 0.166. The molecule has 3 rings (SSSR count). The van der Waals surface area contributed by atoms with Crippen LogP contribution in [0.25, 0.3) is 0 Å². The average molecular weight is 393 g/mol. The van der Waals surface area contributed by atoms with Crippen molar-refractivity contribution in [1.82, 2.24) is 0 Å². The molecule has 1 heterocycles. The van der Waals surface area contributed by atoms with E-state index >= 15 is 0 Å². The molecule has 0 bridgehead atoms. The third kappa shape index (κ3) is 4.08. The molecule has 0 aliphatic carbocycles. The van der Waals surface area contributed by atoms with Gasteiger partial charge in [0.05, 0.1) is 18.3 Å². The quantitative estimate of drug-likeness (QED) is 0.708. The number of hydrogen-bond donors (Lipinski definition) is 0. The van der Waals surface area contributed by atoms with E-state index in [1.807, 2.05) is 27.7 Å². The highest BCUT2D eigenvalue weighted by Gasteiger charge is 2.52. The number of benzene rings is 2. The first kappa shape index (κ1) is 20.0. The Labute approximate surface area is 164 Å². The van der Waals surface area contributed by atoms with Crippen molar-refractivity contribution in [1.29, 1.82) is 0 Å². The molecule has 0 amide bonds. The Morgan fingerprint density at radius 2 is 1.67 bits per heavy atom. The molecule has 4 nitrogen and oxygen atoms in total. The van der Waals surface area contributed by atoms with Gasteiger partial charge in [0.15, 0.2) is 0 Å². The van der Waals surface area contributed by atoms with Crippen molar-refractivity contribution >= 4 is 24.2 Å². The van der Waals surface area contributed by atoms with Crippen LogP contribution in [0.15, 0.2) is 36.4 Å². The van der Waals surface area contributed by atoms with Crippen molar-refractivity contribution < 1.29 is 23.2 Å². The Kier molecular flexibility index (Phi) is 5.44. The predicted molar refractivity (Wildman–Crippen MR) is 104 cm³/mol. The second-order valence-electron chi connectivity index (χ2n) is 7.52. The van der Waals surface area contributed by atoms with E-state index < -0.39 is 24.1 Å². The van der Waals surface area contributed by atoms with E-state index in [2.05, 4.69) is 0 Å². The molecule has 144 valence electrons. The zero-order chi connectivity index (χ0) is 19.8. The van der Waals surface area contributed by atoms with Crippen LogP contribution in [0.2, 0.25) is 5.02 Å². The first-order chi connectivity index (χ1) is 12.6. The summed E-state index contributed by atoms with van der Waals surface area (Å²) < 4.78 is 37.3. The fraction of sp³-hybridized carbons (Fsp3) is 0.400. The summed E-state index contributed by atoms with van der Waals surface area (Å²) in [6, 6.07) is 9.59. The lowest BCUT2D eigenvalue weighted by Gasteiger charge is -2.32. The molecule has 0 N–H and O–H groups in total. The molecule has 0 aromatic heterocycles. The number of methoxy groups -OCH3 is 1. The zero-order valence-electron chi connectivity index (χ0n) is 16.1. The van der Waals surface area contributed by atoms with Gasteiger partial charge in [-0.15, -0.1) is 0 Å². The van der Waals surface area contributed by atoms with Crippen LogP contribution < -0.4 is 14.9 Å². The van der Waals surface area contributed by atoms with Gasteiger partial charge in [0, 0.05) is 22.1 Å². The molecule has 1 aliphatic heterocycles. The monoisotopic (exact) mass is 392 g/mol. The van der Waals surface area contributed by atoms with Crippen molar-refractivity contribution in [2.45, 2.75) is 45.5 Å². The highest BCUT2D eigenvalue weighted by atomic mass is 35.5. The molecule has 7 heteroatoms. The predicted octanol–water partition coefficient (Wildman–Crippen LogP) is 4.37. The third-order valence-corrected chi connectivity index (χ3v) is 5.34. The summed E-state index contributed by atoms with van der Waals surface area (Å²) in [7, 11) is 0.928.